The fraction of sp³-hybridized carbons (Fsp3) is 0.381. The maximum atomic E-state index is 13.1. The Hall–Kier alpha value is -2.05. The van der Waals surface area contributed by atoms with Crippen molar-refractivity contribution >= 4 is 33.2 Å². The number of benzene rings is 2. The molecule has 0 fully saturated rings. The van der Waals surface area contributed by atoms with Crippen LogP contribution in [0, 0.1) is 6.92 Å². The maximum absolute atomic E-state index is 13.1. The van der Waals surface area contributed by atoms with Crippen molar-refractivity contribution in [3.63, 3.8) is 0 Å². The lowest BCUT2D eigenvalue weighted by atomic mass is 10.0. The Labute approximate surface area is 172 Å². The van der Waals surface area contributed by atoms with E-state index in [2.05, 4.69) is 5.32 Å². The minimum atomic E-state index is -3.69. The highest BCUT2D eigenvalue weighted by Gasteiger charge is 2.32. The number of nitrogens with zero attached hydrogens (tertiary/aromatic N) is 1. The fourth-order valence-electron chi connectivity index (χ4n) is 3.16. The summed E-state index contributed by atoms with van der Waals surface area (Å²) in [6.07, 6.45) is 2.12. The zero-order valence-corrected chi connectivity index (χ0v) is 18.2. The molecule has 0 aromatic heterocycles. The first-order valence-electron chi connectivity index (χ1n) is 9.29. The molecule has 0 radical (unpaired) electrons. The number of aryl methyl sites for hydroxylation is 1. The molecule has 7 heteroatoms. The van der Waals surface area contributed by atoms with Crippen LogP contribution in [-0.4, -0.2) is 26.6 Å². The van der Waals surface area contributed by atoms with Crippen LogP contribution in [0.1, 0.15) is 43.9 Å². The molecule has 2 aromatic rings. The molecule has 0 aliphatic heterocycles. The van der Waals surface area contributed by atoms with Gasteiger partial charge in [0.15, 0.2) is 0 Å². The van der Waals surface area contributed by atoms with E-state index in [0.29, 0.717) is 23.6 Å². The van der Waals surface area contributed by atoms with Crippen LogP contribution in [0.4, 0.5) is 5.69 Å². The minimum Gasteiger partial charge on any atom is -0.347 e. The second-order valence-corrected chi connectivity index (χ2v) is 9.14. The molecule has 2 atom stereocenters. The van der Waals surface area contributed by atoms with E-state index in [0.717, 1.165) is 21.7 Å². The molecule has 1 amide bonds. The average Bonchev–Trinajstić information content (AvgIpc) is 2.63. The standard InChI is InChI=1S/C21H27ClN2O3S/c1-5-19(16-12-10-15(3)11-13-16)23-21(25)20(6-2)24(28(4,26)27)18-9-7-8-17(22)14-18/h7-14,19-20H,5-6H2,1-4H3,(H,23,25)/t19-,20-/m0/s1. The first kappa shape index (κ1) is 22.2. The molecular weight excluding hydrogens is 396 g/mol. The van der Waals surface area contributed by atoms with Crippen molar-refractivity contribution in [2.45, 2.75) is 45.7 Å². The Morgan fingerprint density at radius 2 is 1.75 bits per heavy atom. The van der Waals surface area contributed by atoms with Gasteiger partial charge in [-0.15, -0.1) is 0 Å². The zero-order chi connectivity index (χ0) is 20.9. The highest BCUT2D eigenvalue weighted by Crippen LogP contribution is 2.26. The van der Waals surface area contributed by atoms with E-state index < -0.39 is 16.1 Å². The number of hydrogen-bond acceptors (Lipinski definition) is 3. The third-order valence-corrected chi connectivity index (χ3v) is 6.01. The van der Waals surface area contributed by atoms with Crippen molar-refractivity contribution < 1.29 is 13.2 Å². The highest BCUT2D eigenvalue weighted by atomic mass is 35.5. The van der Waals surface area contributed by atoms with E-state index in [4.69, 9.17) is 11.6 Å². The molecule has 28 heavy (non-hydrogen) atoms. The number of halogens is 1. The van der Waals surface area contributed by atoms with Crippen molar-refractivity contribution in [1.82, 2.24) is 5.32 Å². The van der Waals surface area contributed by atoms with Crippen molar-refractivity contribution in [1.29, 1.82) is 0 Å². The van der Waals surface area contributed by atoms with Crippen molar-refractivity contribution in [3.05, 3.63) is 64.7 Å². The maximum Gasteiger partial charge on any atom is 0.244 e. The Morgan fingerprint density at radius 3 is 2.25 bits per heavy atom. The summed E-state index contributed by atoms with van der Waals surface area (Å²) >= 11 is 6.04. The van der Waals surface area contributed by atoms with E-state index in [9.17, 15) is 13.2 Å². The first-order valence-corrected chi connectivity index (χ1v) is 11.5. The Kier molecular flexibility index (Phi) is 7.49. The fourth-order valence-corrected chi connectivity index (χ4v) is 4.55. The number of nitrogens with one attached hydrogen (secondary N) is 1. The normalized spacial score (nSPS) is 13.6. The lowest BCUT2D eigenvalue weighted by Crippen LogP contribution is -2.50. The molecule has 0 bridgehead atoms. The van der Waals surface area contributed by atoms with Gasteiger partial charge >= 0.3 is 0 Å². The molecule has 2 rings (SSSR count). The summed E-state index contributed by atoms with van der Waals surface area (Å²) in [5, 5.41) is 3.42. The van der Waals surface area contributed by atoms with Gasteiger partial charge in [0.25, 0.3) is 0 Å². The number of hydrogen-bond donors (Lipinski definition) is 1. The summed E-state index contributed by atoms with van der Waals surface area (Å²) in [7, 11) is -3.69. The van der Waals surface area contributed by atoms with Crippen LogP contribution in [0.25, 0.3) is 0 Å². The van der Waals surface area contributed by atoms with E-state index in [1.807, 2.05) is 38.1 Å². The van der Waals surface area contributed by atoms with Crippen LogP contribution in [0.15, 0.2) is 48.5 Å². The van der Waals surface area contributed by atoms with Gasteiger partial charge in [-0.2, -0.15) is 0 Å². The van der Waals surface area contributed by atoms with Crippen molar-refractivity contribution in [2.24, 2.45) is 0 Å². The van der Waals surface area contributed by atoms with Crippen LogP contribution in [-0.2, 0) is 14.8 Å². The first-order chi connectivity index (χ1) is 13.2. The third-order valence-electron chi connectivity index (χ3n) is 4.60. The topological polar surface area (TPSA) is 66.5 Å². The molecule has 0 heterocycles. The molecule has 5 nitrogen and oxygen atoms in total. The van der Waals surface area contributed by atoms with Crippen LogP contribution >= 0.6 is 11.6 Å². The molecule has 0 unspecified atom stereocenters. The zero-order valence-electron chi connectivity index (χ0n) is 16.6. The average molecular weight is 423 g/mol. The van der Waals surface area contributed by atoms with Crippen LogP contribution in [0.3, 0.4) is 0 Å². The van der Waals surface area contributed by atoms with Crippen molar-refractivity contribution in [2.75, 3.05) is 10.6 Å². The van der Waals surface area contributed by atoms with E-state index in [1.165, 1.54) is 0 Å². The Bertz CT molecular complexity index is 914. The molecular formula is C21H27ClN2O3S. The summed E-state index contributed by atoms with van der Waals surface area (Å²) in [6.45, 7) is 5.78. The molecule has 2 aromatic carbocycles. The summed E-state index contributed by atoms with van der Waals surface area (Å²) < 4.78 is 26.2. The number of carbonyl (C=O) groups excluding carboxylic acids is 1. The molecule has 152 valence electrons. The lowest BCUT2D eigenvalue weighted by Gasteiger charge is -2.31. The molecule has 0 spiro atoms. The van der Waals surface area contributed by atoms with Crippen LogP contribution in [0.5, 0.6) is 0 Å². The molecule has 0 aliphatic rings. The summed E-state index contributed by atoms with van der Waals surface area (Å²) in [5.41, 5.74) is 2.51. The van der Waals surface area contributed by atoms with E-state index in [1.54, 1.807) is 31.2 Å². The van der Waals surface area contributed by atoms with Crippen LogP contribution < -0.4 is 9.62 Å². The van der Waals surface area contributed by atoms with Crippen LogP contribution in [0.2, 0.25) is 5.02 Å². The minimum absolute atomic E-state index is 0.192. The molecule has 0 saturated heterocycles. The smallest absolute Gasteiger partial charge is 0.244 e. The summed E-state index contributed by atoms with van der Waals surface area (Å²) in [4.78, 5) is 13.1. The van der Waals surface area contributed by atoms with Gasteiger partial charge in [0.1, 0.15) is 6.04 Å². The number of carbonyl (C=O) groups is 1. The molecule has 0 aliphatic carbocycles. The SMILES string of the molecule is CC[C@H](NC(=O)[C@H](CC)N(c1cccc(Cl)c1)S(C)(=O)=O)c1ccc(C)cc1. The van der Waals surface area contributed by atoms with Gasteiger partial charge in [0.2, 0.25) is 15.9 Å². The van der Waals surface area contributed by atoms with E-state index in [-0.39, 0.29) is 11.9 Å². The highest BCUT2D eigenvalue weighted by molar-refractivity contribution is 7.92. The quantitative estimate of drug-likeness (QED) is 0.682. The largest absolute Gasteiger partial charge is 0.347 e. The Balaban J connectivity index is 2.34. The second-order valence-electron chi connectivity index (χ2n) is 6.84. The van der Waals surface area contributed by atoms with Gasteiger partial charge < -0.3 is 5.32 Å². The molecule has 1 N–H and O–H groups in total. The Morgan fingerprint density at radius 1 is 1.11 bits per heavy atom. The van der Waals surface area contributed by atoms with Gasteiger partial charge in [-0.05, 0) is 43.5 Å². The lowest BCUT2D eigenvalue weighted by molar-refractivity contribution is -0.123. The van der Waals surface area contributed by atoms with Gasteiger partial charge in [0, 0.05) is 5.02 Å². The van der Waals surface area contributed by atoms with Crippen molar-refractivity contribution in [3.8, 4) is 0 Å². The predicted molar refractivity (Wildman–Crippen MR) is 115 cm³/mol. The number of amides is 1. The van der Waals surface area contributed by atoms with Gasteiger partial charge in [-0.25, -0.2) is 8.42 Å². The summed E-state index contributed by atoms with van der Waals surface area (Å²) in [5.74, 6) is -0.333. The predicted octanol–water partition coefficient (Wildman–Crippen LogP) is 4.46. The third kappa shape index (κ3) is 5.49. The molecule has 0 saturated carbocycles. The van der Waals surface area contributed by atoms with Gasteiger partial charge in [-0.3, -0.25) is 9.10 Å². The second kappa shape index (κ2) is 9.43. The van der Waals surface area contributed by atoms with Gasteiger partial charge in [0.05, 0.1) is 18.0 Å². The number of rotatable bonds is 8. The number of anilines is 1. The monoisotopic (exact) mass is 422 g/mol. The van der Waals surface area contributed by atoms with Gasteiger partial charge in [-0.1, -0.05) is 61.3 Å². The van der Waals surface area contributed by atoms with E-state index >= 15 is 0 Å². The number of sulfonamides is 1. The summed E-state index contributed by atoms with van der Waals surface area (Å²) in [6, 6.07) is 13.4.